The zero-order chi connectivity index (χ0) is 13.4. The van der Waals surface area contributed by atoms with E-state index in [0.717, 1.165) is 6.08 Å². The molecule has 0 atom stereocenters. The van der Waals surface area contributed by atoms with Crippen LogP contribution in [0.2, 0.25) is 0 Å². The predicted octanol–water partition coefficient (Wildman–Crippen LogP) is -0.00470. The Kier molecular flexibility index (Phi) is 6.02. The first-order chi connectivity index (χ1) is 7.88. The van der Waals surface area contributed by atoms with Crippen molar-refractivity contribution in [3.8, 4) is 0 Å². The quantitative estimate of drug-likeness (QED) is 0.387. The first-order valence-corrected chi connectivity index (χ1v) is 4.61. The highest BCUT2D eigenvalue weighted by molar-refractivity contribution is 5.99. The molecule has 17 heavy (non-hydrogen) atoms. The molecule has 2 amide bonds. The lowest BCUT2D eigenvalue weighted by atomic mass is 10.3. The molecule has 0 fully saturated rings. The van der Waals surface area contributed by atoms with Crippen LogP contribution in [0.5, 0.6) is 0 Å². The minimum absolute atomic E-state index is 0.231. The van der Waals surface area contributed by atoms with Gasteiger partial charge in [-0.2, -0.15) is 0 Å². The van der Waals surface area contributed by atoms with Crippen LogP contribution in [0.15, 0.2) is 37.1 Å². The van der Waals surface area contributed by atoms with E-state index in [1.54, 1.807) is 0 Å². The molecule has 2 N–H and O–H groups in total. The average molecular weight is 238 g/mol. The van der Waals surface area contributed by atoms with Crippen molar-refractivity contribution >= 4 is 17.8 Å². The fraction of sp³-hybridized carbons (Fsp3) is 0.182. The standard InChI is InChI=1S/C11H14N2O4/c1-5-9(14)12-6-17-11(16)8(4)13-10(15)7(2)3/h5H,1-2,4,6H2,3H3,(H,12,14)(H,13,15). The van der Waals surface area contributed by atoms with Crippen LogP contribution in [0.25, 0.3) is 0 Å². The second kappa shape index (κ2) is 7.00. The molecule has 0 heterocycles. The van der Waals surface area contributed by atoms with E-state index in [2.05, 4.69) is 35.1 Å². The number of hydrogen-bond acceptors (Lipinski definition) is 4. The maximum Gasteiger partial charge on any atom is 0.355 e. The fourth-order valence-corrected chi connectivity index (χ4v) is 0.627. The van der Waals surface area contributed by atoms with Crippen LogP contribution in [0.1, 0.15) is 6.92 Å². The molecule has 0 aliphatic carbocycles. The van der Waals surface area contributed by atoms with Crippen LogP contribution in [0.4, 0.5) is 0 Å². The second-order valence-corrected chi connectivity index (χ2v) is 3.03. The third-order valence-electron chi connectivity index (χ3n) is 1.53. The molecule has 0 aromatic heterocycles. The summed E-state index contributed by atoms with van der Waals surface area (Å²) in [6, 6.07) is 0. The molecular weight excluding hydrogens is 224 g/mol. The van der Waals surface area contributed by atoms with Crippen molar-refractivity contribution in [1.29, 1.82) is 0 Å². The molecule has 0 aromatic carbocycles. The summed E-state index contributed by atoms with van der Waals surface area (Å²) in [6.45, 7) is 11.1. The summed E-state index contributed by atoms with van der Waals surface area (Å²) in [5.41, 5.74) is 0.00441. The van der Waals surface area contributed by atoms with E-state index in [9.17, 15) is 14.4 Å². The van der Waals surface area contributed by atoms with Crippen LogP contribution in [-0.2, 0) is 19.1 Å². The Bertz CT molecular complexity index is 385. The van der Waals surface area contributed by atoms with Crippen LogP contribution in [0, 0.1) is 0 Å². The summed E-state index contributed by atoms with van der Waals surface area (Å²) >= 11 is 0. The van der Waals surface area contributed by atoms with E-state index in [1.165, 1.54) is 6.92 Å². The summed E-state index contributed by atoms with van der Waals surface area (Å²) in [5.74, 6) is -1.85. The van der Waals surface area contributed by atoms with Gasteiger partial charge in [0.1, 0.15) is 5.70 Å². The monoisotopic (exact) mass is 238 g/mol. The summed E-state index contributed by atoms with van der Waals surface area (Å²) in [7, 11) is 0. The smallest absolute Gasteiger partial charge is 0.355 e. The summed E-state index contributed by atoms with van der Waals surface area (Å²) in [4.78, 5) is 33.1. The first-order valence-electron chi connectivity index (χ1n) is 4.61. The molecule has 6 heteroatoms. The Labute approximate surface area is 99.0 Å². The number of amides is 2. The molecule has 0 spiro atoms. The second-order valence-electron chi connectivity index (χ2n) is 3.03. The molecule has 0 radical (unpaired) electrons. The zero-order valence-electron chi connectivity index (χ0n) is 9.54. The largest absolute Gasteiger partial charge is 0.440 e. The van der Waals surface area contributed by atoms with E-state index in [-0.39, 0.29) is 18.0 Å². The third kappa shape index (κ3) is 5.93. The van der Waals surface area contributed by atoms with Gasteiger partial charge in [-0.05, 0) is 13.0 Å². The van der Waals surface area contributed by atoms with Gasteiger partial charge in [-0.15, -0.1) is 0 Å². The van der Waals surface area contributed by atoms with Crippen LogP contribution in [0.3, 0.4) is 0 Å². The van der Waals surface area contributed by atoms with E-state index in [4.69, 9.17) is 0 Å². The number of carbonyl (C=O) groups is 3. The molecule has 0 saturated heterocycles. The van der Waals surface area contributed by atoms with Crippen molar-refractivity contribution < 1.29 is 19.1 Å². The van der Waals surface area contributed by atoms with Gasteiger partial charge in [-0.1, -0.05) is 19.7 Å². The van der Waals surface area contributed by atoms with Crippen molar-refractivity contribution in [2.45, 2.75) is 6.92 Å². The highest BCUT2D eigenvalue weighted by Crippen LogP contribution is 1.93. The SMILES string of the molecule is C=CC(=O)NCOC(=O)C(=C)NC(=O)C(=C)C. The first kappa shape index (κ1) is 14.6. The van der Waals surface area contributed by atoms with Gasteiger partial charge in [0.05, 0.1) is 0 Å². The Morgan fingerprint density at radius 2 is 1.88 bits per heavy atom. The van der Waals surface area contributed by atoms with E-state index >= 15 is 0 Å². The van der Waals surface area contributed by atoms with E-state index in [0.29, 0.717) is 0 Å². The average Bonchev–Trinajstić information content (AvgIpc) is 2.28. The van der Waals surface area contributed by atoms with Crippen molar-refractivity contribution in [3.63, 3.8) is 0 Å². The number of hydrogen-bond donors (Lipinski definition) is 2. The number of nitrogens with one attached hydrogen (secondary N) is 2. The lowest BCUT2D eigenvalue weighted by Crippen LogP contribution is -2.31. The molecule has 0 bridgehead atoms. The Hall–Kier alpha value is -2.37. The topological polar surface area (TPSA) is 84.5 Å². The highest BCUT2D eigenvalue weighted by atomic mass is 16.5. The molecule has 0 unspecified atom stereocenters. The Balaban J connectivity index is 4.03. The maximum atomic E-state index is 11.2. The lowest BCUT2D eigenvalue weighted by molar-refractivity contribution is -0.141. The van der Waals surface area contributed by atoms with Crippen LogP contribution in [-0.4, -0.2) is 24.5 Å². The molecular formula is C11H14N2O4. The minimum Gasteiger partial charge on any atom is -0.440 e. The third-order valence-corrected chi connectivity index (χ3v) is 1.53. The molecule has 0 aliphatic rings. The summed E-state index contributed by atoms with van der Waals surface area (Å²) < 4.78 is 4.59. The lowest BCUT2D eigenvalue weighted by Gasteiger charge is -2.08. The van der Waals surface area contributed by atoms with Gasteiger partial charge in [0.25, 0.3) is 5.91 Å². The van der Waals surface area contributed by atoms with Crippen molar-refractivity contribution in [3.05, 3.63) is 37.1 Å². The van der Waals surface area contributed by atoms with Gasteiger partial charge >= 0.3 is 5.97 Å². The highest BCUT2D eigenvalue weighted by Gasteiger charge is 2.12. The fourth-order valence-electron chi connectivity index (χ4n) is 0.627. The summed E-state index contributed by atoms with van der Waals surface area (Å²) in [5, 5.41) is 4.41. The van der Waals surface area contributed by atoms with Crippen LogP contribution >= 0.6 is 0 Å². The Morgan fingerprint density at radius 3 is 2.35 bits per heavy atom. The van der Waals surface area contributed by atoms with Crippen LogP contribution < -0.4 is 10.6 Å². The van der Waals surface area contributed by atoms with Crippen molar-refractivity contribution in [1.82, 2.24) is 10.6 Å². The zero-order valence-corrected chi connectivity index (χ0v) is 9.54. The van der Waals surface area contributed by atoms with Gasteiger partial charge < -0.3 is 15.4 Å². The summed E-state index contributed by atoms with van der Waals surface area (Å²) in [6.07, 6.45) is 1.03. The molecule has 92 valence electrons. The Morgan fingerprint density at radius 1 is 1.29 bits per heavy atom. The molecule has 0 saturated carbocycles. The van der Waals surface area contributed by atoms with Gasteiger partial charge in [-0.25, -0.2) is 4.79 Å². The van der Waals surface area contributed by atoms with Gasteiger partial charge in [0, 0.05) is 5.57 Å². The maximum absolute atomic E-state index is 11.2. The molecule has 6 nitrogen and oxygen atoms in total. The van der Waals surface area contributed by atoms with Gasteiger partial charge in [0.15, 0.2) is 6.73 Å². The van der Waals surface area contributed by atoms with Gasteiger partial charge in [-0.3, -0.25) is 9.59 Å². The minimum atomic E-state index is -0.844. The molecule has 0 rings (SSSR count). The van der Waals surface area contributed by atoms with Crippen molar-refractivity contribution in [2.75, 3.05) is 6.73 Å². The predicted molar refractivity (Wildman–Crippen MR) is 61.4 cm³/mol. The van der Waals surface area contributed by atoms with Crippen molar-refractivity contribution in [2.24, 2.45) is 0 Å². The number of carbonyl (C=O) groups excluding carboxylic acids is 3. The number of rotatable bonds is 6. The number of esters is 1. The normalized spacial score (nSPS) is 8.76. The molecule has 0 aliphatic heterocycles. The molecule has 0 aromatic rings. The van der Waals surface area contributed by atoms with E-state index < -0.39 is 17.8 Å². The van der Waals surface area contributed by atoms with E-state index in [1.807, 2.05) is 0 Å². The van der Waals surface area contributed by atoms with Gasteiger partial charge in [0.2, 0.25) is 5.91 Å². The number of ether oxygens (including phenoxy) is 1.